The number of hydrogen-bond donors (Lipinski definition) is 1. The molecule has 4 aromatic carbocycles. The predicted molar refractivity (Wildman–Crippen MR) is 189 cm³/mol. The Hall–Kier alpha value is -5.75. The number of carbonyl (C=O) groups is 3. The monoisotopic (exact) mass is 697 g/mol. The van der Waals surface area contributed by atoms with Gasteiger partial charge in [0.25, 0.3) is 0 Å². The first-order valence-electron chi connectivity index (χ1n) is 16.6. The summed E-state index contributed by atoms with van der Waals surface area (Å²) in [6.45, 7) is 2.90. The van der Waals surface area contributed by atoms with Gasteiger partial charge in [0, 0.05) is 44.7 Å². The van der Waals surface area contributed by atoms with E-state index in [1.165, 1.54) is 0 Å². The van der Waals surface area contributed by atoms with Crippen molar-refractivity contribution in [3.05, 3.63) is 119 Å². The summed E-state index contributed by atoms with van der Waals surface area (Å²) >= 11 is 0. The minimum absolute atomic E-state index is 0.0677. The van der Waals surface area contributed by atoms with Crippen LogP contribution in [0.5, 0.6) is 23.0 Å². The number of rotatable bonds is 14. The van der Waals surface area contributed by atoms with Crippen LogP contribution in [0.4, 0.5) is 9.59 Å². The van der Waals surface area contributed by atoms with Crippen LogP contribution in [0.1, 0.15) is 22.3 Å². The average molecular weight is 698 g/mol. The molecule has 1 N–H and O–H groups in total. The molecule has 1 atom stereocenters. The van der Waals surface area contributed by atoms with Crippen LogP contribution in [0.2, 0.25) is 0 Å². The number of nitrogens with one attached hydrogen (secondary N) is 1. The zero-order chi connectivity index (χ0) is 36.0. The van der Waals surface area contributed by atoms with E-state index in [-0.39, 0.29) is 31.3 Å². The molecule has 12 nitrogen and oxygen atoms in total. The van der Waals surface area contributed by atoms with Gasteiger partial charge in [-0.05, 0) is 34.9 Å². The molecule has 1 aliphatic heterocycles. The molecule has 1 saturated heterocycles. The lowest BCUT2D eigenvalue weighted by Crippen LogP contribution is -2.55. The van der Waals surface area contributed by atoms with Crippen LogP contribution in [0, 0.1) is 0 Å². The first-order chi connectivity index (χ1) is 24.9. The van der Waals surface area contributed by atoms with Gasteiger partial charge in [0.15, 0.2) is 11.5 Å². The number of nitrogens with zero attached hydrogens (tertiary/aromatic N) is 2. The fourth-order valence-corrected chi connectivity index (χ4v) is 5.75. The number of piperazine rings is 1. The first-order valence-corrected chi connectivity index (χ1v) is 16.6. The number of carbonyl (C=O) groups excluding carboxylic acids is 3. The summed E-state index contributed by atoms with van der Waals surface area (Å²) in [6.07, 6.45) is -1.33. The van der Waals surface area contributed by atoms with Crippen molar-refractivity contribution >= 4 is 18.2 Å². The molecular weight excluding hydrogens is 654 g/mol. The fraction of sp³-hybridized carbons (Fsp3) is 0.308. The summed E-state index contributed by atoms with van der Waals surface area (Å²) in [7, 11) is 4.74. The van der Waals surface area contributed by atoms with Crippen molar-refractivity contribution in [1.29, 1.82) is 0 Å². The number of amides is 2. The van der Waals surface area contributed by atoms with Crippen LogP contribution in [-0.2, 0) is 40.4 Å². The Morgan fingerprint density at radius 1 is 0.667 bits per heavy atom. The molecule has 12 heteroatoms. The number of methoxy groups -OCH3 is 3. The van der Waals surface area contributed by atoms with Crippen LogP contribution < -0.4 is 24.3 Å². The third-order valence-electron chi connectivity index (χ3n) is 8.43. The van der Waals surface area contributed by atoms with Gasteiger partial charge in [0.2, 0.25) is 11.7 Å². The lowest BCUT2D eigenvalue weighted by molar-refractivity contribution is -0.135. The molecule has 0 unspecified atom stereocenters. The lowest BCUT2D eigenvalue weighted by Gasteiger charge is -2.36. The molecule has 0 aliphatic carbocycles. The average Bonchev–Trinajstić information content (AvgIpc) is 3.17. The molecular formula is C39H43N3O9. The maximum atomic E-state index is 13.9. The Bertz CT molecular complexity index is 1730. The maximum absolute atomic E-state index is 13.9. The Balaban J connectivity index is 1.21. The minimum atomic E-state index is -0.895. The number of ether oxygens (including phenoxy) is 6. The van der Waals surface area contributed by atoms with Crippen LogP contribution in [0.15, 0.2) is 97.1 Å². The van der Waals surface area contributed by atoms with Gasteiger partial charge >= 0.3 is 12.2 Å². The topological polar surface area (TPSA) is 125 Å². The van der Waals surface area contributed by atoms with Crippen LogP contribution in [0.25, 0.3) is 0 Å². The molecule has 268 valence electrons. The maximum Gasteiger partial charge on any atom is 0.514 e. The van der Waals surface area contributed by atoms with Crippen molar-refractivity contribution in [2.75, 3.05) is 47.5 Å². The molecule has 1 aliphatic rings. The summed E-state index contributed by atoms with van der Waals surface area (Å²) in [6, 6.07) is 28.2. The summed E-state index contributed by atoms with van der Waals surface area (Å²) in [5.41, 5.74) is 3.36. The van der Waals surface area contributed by atoms with Crippen molar-refractivity contribution in [3.8, 4) is 23.0 Å². The molecule has 4 aromatic rings. The highest BCUT2D eigenvalue weighted by molar-refractivity contribution is 5.86. The molecule has 0 bridgehead atoms. The molecule has 0 saturated carbocycles. The van der Waals surface area contributed by atoms with Crippen molar-refractivity contribution in [2.45, 2.75) is 32.2 Å². The summed E-state index contributed by atoms with van der Waals surface area (Å²) in [4.78, 5) is 43.1. The number of alkyl carbamates (subject to hydrolysis) is 1. The quantitative estimate of drug-likeness (QED) is 0.131. The summed E-state index contributed by atoms with van der Waals surface area (Å²) < 4.78 is 32.6. The zero-order valence-electron chi connectivity index (χ0n) is 29.0. The van der Waals surface area contributed by atoms with Crippen molar-refractivity contribution in [2.24, 2.45) is 0 Å². The van der Waals surface area contributed by atoms with Gasteiger partial charge in [0.05, 0.1) is 21.3 Å². The number of benzene rings is 4. The lowest BCUT2D eigenvalue weighted by atomic mass is 10.0. The highest BCUT2D eigenvalue weighted by Crippen LogP contribution is 2.40. The van der Waals surface area contributed by atoms with E-state index >= 15 is 0 Å². The second-order valence-corrected chi connectivity index (χ2v) is 11.8. The Labute approximate surface area is 297 Å². The minimum Gasteiger partial charge on any atom is -0.493 e. The molecule has 0 aromatic heterocycles. The van der Waals surface area contributed by atoms with E-state index in [0.29, 0.717) is 50.0 Å². The van der Waals surface area contributed by atoms with Crippen LogP contribution >= 0.6 is 0 Å². The molecule has 2 amide bonds. The van der Waals surface area contributed by atoms with Crippen molar-refractivity contribution in [1.82, 2.24) is 15.1 Å². The molecule has 1 fully saturated rings. The van der Waals surface area contributed by atoms with Gasteiger partial charge in [0.1, 0.15) is 25.0 Å². The third kappa shape index (κ3) is 10.4. The van der Waals surface area contributed by atoms with Gasteiger partial charge in [-0.3, -0.25) is 9.69 Å². The predicted octanol–water partition coefficient (Wildman–Crippen LogP) is 5.61. The smallest absolute Gasteiger partial charge is 0.493 e. The molecule has 1 heterocycles. The fourth-order valence-electron chi connectivity index (χ4n) is 5.75. The highest BCUT2D eigenvalue weighted by Gasteiger charge is 2.30. The summed E-state index contributed by atoms with van der Waals surface area (Å²) in [5, 5.41) is 2.79. The van der Waals surface area contributed by atoms with E-state index in [0.717, 1.165) is 22.3 Å². The van der Waals surface area contributed by atoms with Crippen molar-refractivity contribution in [3.63, 3.8) is 0 Å². The molecule has 5 rings (SSSR count). The van der Waals surface area contributed by atoms with Crippen LogP contribution in [0.3, 0.4) is 0 Å². The first kappa shape index (κ1) is 36.5. The SMILES string of the molecule is COc1ccc(CN2CCN(C(=O)[C@H](Cc3ccc(OC(=O)OCc4ccccc4)cc3)NC(=O)OCc3ccccc3)CC2)c(OC)c1OC. The zero-order valence-corrected chi connectivity index (χ0v) is 29.0. The second kappa shape index (κ2) is 18.3. The van der Waals surface area contributed by atoms with Gasteiger partial charge < -0.3 is 38.6 Å². The largest absolute Gasteiger partial charge is 0.514 e. The van der Waals surface area contributed by atoms with Gasteiger partial charge in [-0.2, -0.15) is 0 Å². The van der Waals surface area contributed by atoms with Gasteiger partial charge in [-0.25, -0.2) is 9.59 Å². The van der Waals surface area contributed by atoms with E-state index in [1.807, 2.05) is 72.8 Å². The van der Waals surface area contributed by atoms with E-state index in [2.05, 4.69) is 10.2 Å². The van der Waals surface area contributed by atoms with Crippen molar-refractivity contribution < 1.29 is 42.8 Å². The van der Waals surface area contributed by atoms with E-state index in [4.69, 9.17) is 28.4 Å². The van der Waals surface area contributed by atoms with E-state index in [9.17, 15) is 14.4 Å². The summed E-state index contributed by atoms with van der Waals surface area (Å²) in [5.74, 6) is 1.78. The normalized spacial score (nSPS) is 13.4. The molecule has 0 radical (unpaired) electrons. The Morgan fingerprint density at radius 3 is 1.86 bits per heavy atom. The van der Waals surface area contributed by atoms with Gasteiger partial charge in [-0.1, -0.05) is 78.9 Å². The standard InChI is InChI=1S/C39H43N3O9/c1-46-34-19-16-31(35(47-2)36(34)48-3)25-41-20-22-42(23-21-41)37(43)33(40-38(44)49-26-29-10-6-4-7-11-29)24-28-14-17-32(18-15-28)51-39(45)50-27-30-12-8-5-9-13-30/h4-19,33H,20-27H2,1-3H3,(H,40,44)/t33-/m0/s1. The van der Waals surface area contributed by atoms with E-state index in [1.54, 1.807) is 50.5 Å². The highest BCUT2D eigenvalue weighted by atomic mass is 16.7. The third-order valence-corrected chi connectivity index (χ3v) is 8.43. The van der Waals surface area contributed by atoms with E-state index < -0.39 is 18.3 Å². The van der Waals surface area contributed by atoms with Gasteiger partial charge in [-0.15, -0.1) is 0 Å². The Morgan fingerprint density at radius 2 is 1.27 bits per heavy atom. The Kier molecular flexibility index (Phi) is 13.1. The molecule has 0 spiro atoms. The second-order valence-electron chi connectivity index (χ2n) is 11.8. The molecule has 51 heavy (non-hydrogen) atoms. The van der Waals surface area contributed by atoms with Crippen LogP contribution in [-0.4, -0.2) is 81.5 Å². The number of hydrogen-bond acceptors (Lipinski definition) is 10.